The lowest BCUT2D eigenvalue weighted by Crippen LogP contribution is -2.47. The number of carbonyl (C=O) groups excluding carboxylic acids is 1. The van der Waals surface area contributed by atoms with Crippen LogP contribution in [0, 0.1) is 5.82 Å². The summed E-state index contributed by atoms with van der Waals surface area (Å²) in [6.45, 7) is 4.52. The zero-order valence-electron chi connectivity index (χ0n) is 16.9. The molecular formula is C25H26FN3O. The van der Waals surface area contributed by atoms with Crippen LogP contribution in [0.3, 0.4) is 0 Å². The van der Waals surface area contributed by atoms with Crippen molar-refractivity contribution in [2.24, 2.45) is 0 Å². The zero-order chi connectivity index (χ0) is 20.9. The fraction of sp³-hybridized carbons (Fsp3) is 0.240. The summed E-state index contributed by atoms with van der Waals surface area (Å²) in [5.74, 6) is -0.200. The molecule has 4 nitrogen and oxygen atoms in total. The van der Waals surface area contributed by atoms with Crippen LogP contribution in [-0.2, 0) is 6.54 Å². The van der Waals surface area contributed by atoms with Gasteiger partial charge in [-0.25, -0.2) is 4.39 Å². The number of rotatable bonds is 6. The third-order valence-corrected chi connectivity index (χ3v) is 5.71. The predicted molar refractivity (Wildman–Crippen MR) is 118 cm³/mol. The Balaban J connectivity index is 1.51. The first kappa shape index (κ1) is 20.3. The van der Waals surface area contributed by atoms with Gasteiger partial charge in [-0.05, 0) is 41.0 Å². The van der Waals surface area contributed by atoms with E-state index in [-0.39, 0.29) is 11.9 Å². The van der Waals surface area contributed by atoms with Crippen molar-refractivity contribution in [3.05, 3.63) is 101 Å². The molecular weight excluding hydrogens is 377 g/mol. The molecule has 1 heterocycles. The molecule has 1 saturated heterocycles. The Labute approximate surface area is 176 Å². The number of hydrogen-bond acceptors (Lipinski definition) is 4. The number of piperazine rings is 1. The Morgan fingerprint density at radius 3 is 2.23 bits per heavy atom. The van der Waals surface area contributed by atoms with Gasteiger partial charge in [-0.15, -0.1) is 0 Å². The highest BCUT2D eigenvalue weighted by Gasteiger charge is 2.26. The van der Waals surface area contributed by atoms with Crippen molar-refractivity contribution in [2.45, 2.75) is 12.6 Å². The smallest absolute Gasteiger partial charge is 0.150 e. The second-order valence-corrected chi connectivity index (χ2v) is 7.80. The molecule has 30 heavy (non-hydrogen) atoms. The second-order valence-electron chi connectivity index (χ2n) is 7.80. The van der Waals surface area contributed by atoms with E-state index >= 15 is 0 Å². The highest BCUT2D eigenvalue weighted by molar-refractivity contribution is 5.74. The van der Waals surface area contributed by atoms with Crippen molar-refractivity contribution in [1.29, 1.82) is 0 Å². The molecule has 0 spiro atoms. The Bertz CT molecular complexity index is 980. The standard InChI is InChI=1S/C25H26FN3O/c26-23-10-6-19(7-11-23)17-28-12-14-29(15-13-28)25(22-2-1-3-24(27)16-22)21-8-4-20(18-30)5-9-21/h1-11,16,18,25H,12-15,17,27H2. The topological polar surface area (TPSA) is 49.6 Å². The molecule has 1 unspecified atom stereocenters. The summed E-state index contributed by atoms with van der Waals surface area (Å²) < 4.78 is 13.2. The number of nitrogens with two attached hydrogens (primary N) is 1. The minimum absolute atomic E-state index is 0.0853. The second kappa shape index (κ2) is 9.20. The summed E-state index contributed by atoms with van der Waals surface area (Å²) >= 11 is 0. The van der Waals surface area contributed by atoms with Crippen LogP contribution < -0.4 is 5.73 Å². The van der Waals surface area contributed by atoms with Crippen molar-refractivity contribution >= 4 is 12.0 Å². The maximum absolute atomic E-state index is 13.2. The molecule has 2 N–H and O–H groups in total. The van der Waals surface area contributed by atoms with Gasteiger partial charge in [0.2, 0.25) is 0 Å². The van der Waals surface area contributed by atoms with Gasteiger partial charge in [0.25, 0.3) is 0 Å². The molecule has 3 aromatic rings. The fourth-order valence-electron chi connectivity index (χ4n) is 4.13. The number of nitrogens with zero attached hydrogens (tertiary/aromatic N) is 2. The Morgan fingerprint density at radius 1 is 0.900 bits per heavy atom. The maximum atomic E-state index is 13.2. The molecule has 0 bridgehead atoms. The van der Waals surface area contributed by atoms with Crippen LogP contribution in [0.4, 0.5) is 10.1 Å². The lowest BCUT2D eigenvalue weighted by atomic mass is 9.95. The van der Waals surface area contributed by atoms with E-state index in [1.807, 2.05) is 54.6 Å². The van der Waals surface area contributed by atoms with Crippen molar-refractivity contribution in [1.82, 2.24) is 9.80 Å². The highest BCUT2D eigenvalue weighted by Crippen LogP contribution is 2.31. The van der Waals surface area contributed by atoms with Gasteiger partial charge in [0.1, 0.15) is 12.1 Å². The molecule has 1 aliphatic heterocycles. The van der Waals surface area contributed by atoms with Crippen LogP contribution in [0.15, 0.2) is 72.8 Å². The SMILES string of the molecule is Nc1cccc(C(c2ccc(C=O)cc2)N2CCN(Cc3ccc(F)cc3)CC2)c1. The summed E-state index contributed by atoms with van der Waals surface area (Å²) in [6.07, 6.45) is 0.869. The summed E-state index contributed by atoms with van der Waals surface area (Å²) in [7, 11) is 0. The van der Waals surface area contributed by atoms with Crippen LogP contribution in [0.5, 0.6) is 0 Å². The first-order valence-electron chi connectivity index (χ1n) is 10.2. The molecule has 0 amide bonds. The van der Waals surface area contributed by atoms with Gasteiger partial charge < -0.3 is 5.73 Å². The van der Waals surface area contributed by atoms with E-state index in [0.29, 0.717) is 5.56 Å². The summed E-state index contributed by atoms with van der Waals surface area (Å²) in [5, 5.41) is 0. The van der Waals surface area contributed by atoms with Crippen LogP contribution in [0.25, 0.3) is 0 Å². The fourth-order valence-corrected chi connectivity index (χ4v) is 4.13. The molecule has 4 rings (SSSR count). The Kier molecular flexibility index (Phi) is 6.21. The minimum atomic E-state index is -0.200. The largest absolute Gasteiger partial charge is 0.399 e. The first-order valence-corrected chi connectivity index (χ1v) is 10.2. The van der Waals surface area contributed by atoms with Gasteiger partial charge in [-0.2, -0.15) is 0 Å². The molecule has 0 aliphatic carbocycles. The van der Waals surface area contributed by atoms with Gasteiger partial charge in [0, 0.05) is 44.0 Å². The number of anilines is 1. The number of carbonyl (C=O) groups is 1. The van der Waals surface area contributed by atoms with Gasteiger partial charge in [0.05, 0.1) is 6.04 Å². The van der Waals surface area contributed by atoms with Gasteiger partial charge in [-0.1, -0.05) is 48.5 Å². The number of nitrogen functional groups attached to an aromatic ring is 1. The molecule has 0 aromatic heterocycles. The van der Waals surface area contributed by atoms with Crippen LogP contribution in [-0.4, -0.2) is 42.3 Å². The van der Waals surface area contributed by atoms with Gasteiger partial charge in [-0.3, -0.25) is 14.6 Å². The van der Waals surface area contributed by atoms with E-state index in [0.717, 1.165) is 61.4 Å². The quantitative estimate of drug-likeness (QED) is 0.497. The number of aldehydes is 1. The Morgan fingerprint density at radius 2 is 1.60 bits per heavy atom. The van der Waals surface area contributed by atoms with Crippen molar-refractivity contribution in [2.75, 3.05) is 31.9 Å². The van der Waals surface area contributed by atoms with E-state index < -0.39 is 0 Å². The van der Waals surface area contributed by atoms with Crippen LogP contribution in [0.1, 0.15) is 33.1 Å². The van der Waals surface area contributed by atoms with Gasteiger partial charge in [0.15, 0.2) is 0 Å². The Hall–Kier alpha value is -3.02. The van der Waals surface area contributed by atoms with E-state index in [4.69, 9.17) is 5.73 Å². The van der Waals surface area contributed by atoms with Gasteiger partial charge >= 0.3 is 0 Å². The molecule has 3 aromatic carbocycles. The third kappa shape index (κ3) is 4.75. The first-order chi connectivity index (χ1) is 14.6. The highest BCUT2D eigenvalue weighted by atomic mass is 19.1. The monoisotopic (exact) mass is 403 g/mol. The maximum Gasteiger partial charge on any atom is 0.150 e. The van der Waals surface area contributed by atoms with E-state index in [9.17, 15) is 9.18 Å². The molecule has 1 aliphatic rings. The van der Waals surface area contributed by atoms with Crippen molar-refractivity contribution in [3.8, 4) is 0 Å². The third-order valence-electron chi connectivity index (χ3n) is 5.71. The normalized spacial score (nSPS) is 16.3. The lowest BCUT2D eigenvalue weighted by Gasteiger charge is -2.40. The van der Waals surface area contributed by atoms with Crippen LogP contribution in [0.2, 0.25) is 0 Å². The molecule has 1 fully saturated rings. The van der Waals surface area contributed by atoms with E-state index in [1.54, 1.807) is 0 Å². The molecule has 1 atom stereocenters. The predicted octanol–water partition coefficient (Wildman–Crippen LogP) is 4.13. The minimum Gasteiger partial charge on any atom is -0.399 e. The number of hydrogen-bond donors (Lipinski definition) is 1. The van der Waals surface area contributed by atoms with Crippen molar-refractivity contribution in [3.63, 3.8) is 0 Å². The summed E-state index contributed by atoms with van der Waals surface area (Å²) in [4.78, 5) is 15.9. The number of benzene rings is 3. The van der Waals surface area contributed by atoms with E-state index in [2.05, 4.69) is 15.9 Å². The summed E-state index contributed by atoms with van der Waals surface area (Å²) in [6, 6.07) is 22.7. The zero-order valence-corrected chi connectivity index (χ0v) is 16.9. The van der Waals surface area contributed by atoms with E-state index in [1.165, 1.54) is 12.1 Å². The molecule has 0 radical (unpaired) electrons. The van der Waals surface area contributed by atoms with Crippen molar-refractivity contribution < 1.29 is 9.18 Å². The molecule has 0 saturated carbocycles. The van der Waals surface area contributed by atoms with Crippen LogP contribution >= 0.6 is 0 Å². The number of halogens is 1. The average molecular weight is 404 g/mol. The average Bonchev–Trinajstić information content (AvgIpc) is 2.77. The lowest BCUT2D eigenvalue weighted by molar-refractivity contribution is 0.105. The summed E-state index contributed by atoms with van der Waals surface area (Å²) in [5.41, 5.74) is 10.9. The molecule has 5 heteroatoms. The molecule has 154 valence electrons.